The number of nitrogens with one attached hydrogen (secondary N) is 2. The number of rotatable bonds is 11. The maximum absolute atomic E-state index is 13.1. The molecule has 2 aliphatic rings. The standard InChI is InChI=1S/C37H33N5O5/c38-18-4-19-41(20-17-27-7-3-6-26-5-1-2-8-29(26)27)23-25-11-9-24(10-12-25)22-39-34(44)28-13-14-30-31(21-28)37(47)42(36(30)46)32-15-16-33(43)40-35(32)45/h1-3,5-14,21,32H,4,15-17,19-20,22-23H2,(H,39,44)(H,40,43,45). The van der Waals surface area contributed by atoms with Crippen molar-refractivity contribution in [1.29, 1.82) is 5.26 Å². The highest BCUT2D eigenvalue weighted by Gasteiger charge is 2.44. The van der Waals surface area contributed by atoms with Crippen molar-refractivity contribution >= 4 is 40.3 Å². The number of piperidine rings is 1. The lowest BCUT2D eigenvalue weighted by molar-refractivity contribution is -0.136. The van der Waals surface area contributed by atoms with Gasteiger partial charge in [0.1, 0.15) is 6.04 Å². The molecule has 2 heterocycles. The molecule has 2 N–H and O–H groups in total. The van der Waals surface area contributed by atoms with Gasteiger partial charge in [-0.25, -0.2) is 0 Å². The molecular formula is C37H33N5O5. The van der Waals surface area contributed by atoms with Gasteiger partial charge >= 0.3 is 0 Å². The van der Waals surface area contributed by atoms with Crippen molar-refractivity contribution in [2.75, 3.05) is 13.1 Å². The van der Waals surface area contributed by atoms with E-state index in [1.54, 1.807) is 0 Å². The van der Waals surface area contributed by atoms with Crippen molar-refractivity contribution < 1.29 is 24.0 Å². The summed E-state index contributed by atoms with van der Waals surface area (Å²) in [5.74, 6) is -2.82. The molecule has 0 saturated carbocycles. The molecule has 4 aromatic carbocycles. The summed E-state index contributed by atoms with van der Waals surface area (Å²) >= 11 is 0. The Hall–Kier alpha value is -5.66. The summed E-state index contributed by atoms with van der Waals surface area (Å²) in [6, 6.07) is 28.1. The van der Waals surface area contributed by atoms with E-state index in [4.69, 9.17) is 0 Å². The first kappa shape index (κ1) is 31.3. The van der Waals surface area contributed by atoms with Crippen LogP contribution >= 0.6 is 0 Å². The Morgan fingerprint density at radius 2 is 1.64 bits per heavy atom. The first-order valence-electron chi connectivity index (χ1n) is 15.6. The number of benzene rings is 4. The molecule has 0 aliphatic carbocycles. The number of carbonyl (C=O) groups is 5. The van der Waals surface area contributed by atoms with Gasteiger partial charge in [-0.2, -0.15) is 5.26 Å². The van der Waals surface area contributed by atoms with Crippen LogP contribution in [0.2, 0.25) is 0 Å². The summed E-state index contributed by atoms with van der Waals surface area (Å²) in [5, 5.41) is 16.7. The van der Waals surface area contributed by atoms with E-state index in [1.165, 1.54) is 34.5 Å². The molecule has 2 aliphatic heterocycles. The van der Waals surface area contributed by atoms with Gasteiger partial charge in [0.25, 0.3) is 17.7 Å². The predicted molar refractivity (Wildman–Crippen MR) is 174 cm³/mol. The van der Waals surface area contributed by atoms with Crippen LogP contribution in [0.15, 0.2) is 84.9 Å². The number of hydrogen-bond donors (Lipinski definition) is 2. The van der Waals surface area contributed by atoms with Gasteiger partial charge in [-0.1, -0.05) is 66.7 Å². The summed E-state index contributed by atoms with van der Waals surface area (Å²) in [6.07, 6.45) is 1.40. The Morgan fingerprint density at radius 1 is 0.894 bits per heavy atom. The minimum absolute atomic E-state index is 0.0315. The molecule has 0 bridgehead atoms. The topological polar surface area (TPSA) is 140 Å². The van der Waals surface area contributed by atoms with Crippen molar-refractivity contribution in [1.82, 2.24) is 20.4 Å². The highest BCUT2D eigenvalue weighted by molar-refractivity contribution is 6.24. The highest BCUT2D eigenvalue weighted by Crippen LogP contribution is 2.28. The van der Waals surface area contributed by atoms with Crippen molar-refractivity contribution in [2.24, 2.45) is 0 Å². The van der Waals surface area contributed by atoms with Gasteiger partial charge < -0.3 is 5.32 Å². The zero-order chi connectivity index (χ0) is 32.9. The van der Waals surface area contributed by atoms with Gasteiger partial charge in [0, 0.05) is 44.6 Å². The molecule has 6 rings (SSSR count). The maximum atomic E-state index is 13.1. The quantitative estimate of drug-likeness (QED) is 0.239. The number of carbonyl (C=O) groups excluding carboxylic acids is 5. The number of hydrogen-bond acceptors (Lipinski definition) is 7. The van der Waals surface area contributed by atoms with E-state index in [2.05, 4.69) is 58.0 Å². The summed E-state index contributed by atoms with van der Waals surface area (Å²) in [7, 11) is 0. The molecule has 10 nitrogen and oxygen atoms in total. The predicted octanol–water partition coefficient (Wildman–Crippen LogP) is 4.13. The lowest BCUT2D eigenvalue weighted by Gasteiger charge is -2.27. The average molecular weight is 628 g/mol. The van der Waals surface area contributed by atoms with Gasteiger partial charge in [-0.05, 0) is 58.5 Å². The van der Waals surface area contributed by atoms with Crippen molar-refractivity contribution in [3.05, 3.63) is 118 Å². The second-order valence-corrected chi connectivity index (χ2v) is 11.8. The van der Waals surface area contributed by atoms with Crippen LogP contribution in [0.25, 0.3) is 10.8 Å². The molecule has 1 saturated heterocycles. The monoisotopic (exact) mass is 627 g/mol. The molecule has 10 heteroatoms. The lowest BCUT2D eigenvalue weighted by Crippen LogP contribution is -2.54. The second kappa shape index (κ2) is 13.8. The Morgan fingerprint density at radius 3 is 2.43 bits per heavy atom. The first-order chi connectivity index (χ1) is 22.8. The van der Waals surface area contributed by atoms with Crippen LogP contribution < -0.4 is 10.6 Å². The molecule has 0 radical (unpaired) electrons. The summed E-state index contributed by atoms with van der Waals surface area (Å²) in [6.45, 7) is 2.43. The Kier molecular flexibility index (Phi) is 9.18. The SMILES string of the molecule is N#CCCN(CCc1cccc2ccccc12)Cc1ccc(CNC(=O)c2ccc3c(c2)C(=O)N(C2CCC(=O)NC2=O)C3=O)cc1. The van der Waals surface area contributed by atoms with Crippen LogP contribution in [-0.4, -0.2) is 58.5 Å². The zero-order valence-electron chi connectivity index (χ0n) is 25.7. The van der Waals surface area contributed by atoms with E-state index < -0.39 is 35.6 Å². The fourth-order valence-electron chi connectivity index (χ4n) is 6.18. The first-order valence-corrected chi connectivity index (χ1v) is 15.6. The number of nitriles is 1. The van der Waals surface area contributed by atoms with E-state index in [-0.39, 0.29) is 36.1 Å². The number of imide groups is 2. The van der Waals surface area contributed by atoms with E-state index in [1.807, 2.05) is 30.3 Å². The van der Waals surface area contributed by atoms with Crippen LogP contribution in [0, 0.1) is 11.3 Å². The molecule has 5 amide bonds. The van der Waals surface area contributed by atoms with E-state index in [0.717, 1.165) is 29.0 Å². The van der Waals surface area contributed by atoms with E-state index >= 15 is 0 Å². The van der Waals surface area contributed by atoms with Crippen molar-refractivity contribution in [2.45, 2.75) is 44.8 Å². The van der Waals surface area contributed by atoms with Gasteiger partial charge in [0.15, 0.2) is 0 Å². The number of amides is 5. The summed E-state index contributed by atoms with van der Waals surface area (Å²) in [5.41, 5.74) is 3.65. The summed E-state index contributed by atoms with van der Waals surface area (Å²) in [4.78, 5) is 66.0. The van der Waals surface area contributed by atoms with Crippen LogP contribution in [0.1, 0.15) is 67.0 Å². The Balaban J connectivity index is 1.05. The third kappa shape index (κ3) is 6.81. The smallest absolute Gasteiger partial charge is 0.262 e. The number of nitrogens with zero attached hydrogens (tertiary/aromatic N) is 3. The molecule has 236 valence electrons. The van der Waals surface area contributed by atoms with Gasteiger partial charge in [-0.15, -0.1) is 0 Å². The van der Waals surface area contributed by atoms with E-state index in [0.29, 0.717) is 19.5 Å². The summed E-state index contributed by atoms with van der Waals surface area (Å²) < 4.78 is 0. The van der Waals surface area contributed by atoms with Crippen molar-refractivity contribution in [3.63, 3.8) is 0 Å². The minimum Gasteiger partial charge on any atom is -0.348 e. The van der Waals surface area contributed by atoms with Crippen LogP contribution in [0.5, 0.6) is 0 Å². The minimum atomic E-state index is -1.07. The second-order valence-electron chi connectivity index (χ2n) is 11.8. The largest absolute Gasteiger partial charge is 0.348 e. The molecule has 0 aromatic heterocycles. The number of fused-ring (bicyclic) bond motifs is 2. The highest BCUT2D eigenvalue weighted by atomic mass is 16.2. The Bertz CT molecular complexity index is 1920. The van der Waals surface area contributed by atoms with Crippen LogP contribution in [0.3, 0.4) is 0 Å². The third-order valence-electron chi connectivity index (χ3n) is 8.70. The molecule has 1 fully saturated rings. The molecule has 4 aromatic rings. The average Bonchev–Trinajstić information content (AvgIpc) is 3.33. The van der Waals surface area contributed by atoms with Crippen LogP contribution in [0.4, 0.5) is 0 Å². The van der Waals surface area contributed by atoms with Crippen LogP contribution in [-0.2, 0) is 29.1 Å². The van der Waals surface area contributed by atoms with E-state index in [9.17, 15) is 29.2 Å². The molecular weight excluding hydrogens is 594 g/mol. The normalized spacial score (nSPS) is 15.9. The molecule has 1 atom stereocenters. The van der Waals surface area contributed by atoms with Gasteiger partial charge in [-0.3, -0.25) is 39.1 Å². The zero-order valence-corrected chi connectivity index (χ0v) is 25.7. The van der Waals surface area contributed by atoms with Gasteiger partial charge in [0.05, 0.1) is 17.2 Å². The Labute approximate surface area is 272 Å². The maximum Gasteiger partial charge on any atom is 0.262 e. The fourth-order valence-corrected chi connectivity index (χ4v) is 6.18. The fraction of sp³-hybridized carbons (Fsp3) is 0.243. The molecule has 0 spiro atoms. The third-order valence-corrected chi connectivity index (χ3v) is 8.70. The molecule has 1 unspecified atom stereocenters. The van der Waals surface area contributed by atoms with Crippen molar-refractivity contribution in [3.8, 4) is 6.07 Å². The lowest BCUT2D eigenvalue weighted by atomic mass is 10.0. The molecule has 47 heavy (non-hydrogen) atoms. The van der Waals surface area contributed by atoms with Gasteiger partial charge in [0.2, 0.25) is 11.8 Å².